The van der Waals surface area contributed by atoms with Gasteiger partial charge in [-0.2, -0.15) is 0 Å². The molecule has 0 saturated heterocycles. The zero-order valence-electron chi connectivity index (χ0n) is 9.43. The van der Waals surface area contributed by atoms with Crippen molar-refractivity contribution in [3.8, 4) is 0 Å². The summed E-state index contributed by atoms with van der Waals surface area (Å²) in [5, 5.41) is 4.53. The molecule has 1 heterocycles. The molecule has 0 unspecified atom stereocenters. The number of rotatable bonds is 4. The minimum atomic E-state index is 1.08. The molecule has 0 aliphatic carbocycles. The van der Waals surface area contributed by atoms with E-state index in [2.05, 4.69) is 41.5 Å². The number of aryl methyl sites for hydroxylation is 2. The quantitative estimate of drug-likeness (QED) is 0.733. The third kappa shape index (κ3) is 2.21. The zero-order valence-corrected chi connectivity index (χ0v) is 9.43. The standard InChI is InChI=1S/C13H18N2/c1-10-5-3-7-13-12(10)9-11(15-13)6-4-8-14-2/h3,5,7,9,14-15H,4,6,8H2,1-2H3. The second-order valence-corrected chi connectivity index (χ2v) is 4.04. The number of nitrogens with one attached hydrogen (secondary N) is 2. The zero-order chi connectivity index (χ0) is 10.7. The van der Waals surface area contributed by atoms with Crippen molar-refractivity contribution in [3.05, 3.63) is 35.5 Å². The summed E-state index contributed by atoms with van der Waals surface area (Å²) in [5.74, 6) is 0. The van der Waals surface area contributed by atoms with Gasteiger partial charge in [0.2, 0.25) is 0 Å². The van der Waals surface area contributed by atoms with Crippen LogP contribution in [0, 0.1) is 6.92 Å². The molecule has 0 bridgehead atoms. The summed E-state index contributed by atoms with van der Waals surface area (Å²) >= 11 is 0. The SMILES string of the molecule is CNCCCc1cc2c(C)cccc2[nH]1. The number of fused-ring (bicyclic) bond motifs is 1. The summed E-state index contributed by atoms with van der Waals surface area (Å²) in [4.78, 5) is 3.47. The third-order valence-corrected chi connectivity index (χ3v) is 2.81. The molecule has 0 aliphatic heterocycles. The van der Waals surface area contributed by atoms with Crippen molar-refractivity contribution in [3.63, 3.8) is 0 Å². The maximum absolute atomic E-state index is 3.47. The van der Waals surface area contributed by atoms with E-state index in [0.717, 1.165) is 13.0 Å². The van der Waals surface area contributed by atoms with Crippen molar-refractivity contribution >= 4 is 10.9 Å². The molecule has 2 aromatic rings. The van der Waals surface area contributed by atoms with Crippen LogP contribution in [0.5, 0.6) is 0 Å². The Labute approximate surface area is 90.7 Å². The molecule has 15 heavy (non-hydrogen) atoms. The van der Waals surface area contributed by atoms with E-state index in [0.29, 0.717) is 0 Å². The fourth-order valence-corrected chi connectivity index (χ4v) is 1.95. The van der Waals surface area contributed by atoms with Crippen molar-refractivity contribution in [2.24, 2.45) is 0 Å². The molecule has 0 saturated carbocycles. The average Bonchev–Trinajstić information content (AvgIpc) is 2.63. The fraction of sp³-hybridized carbons (Fsp3) is 0.385. The van der Waals surface area contributed by atoms with E-state index in [9.17, 15) is 0 Å². The Hall–Kier alpha value is -1.28. The molecule has 2 rings (SSSR count). The Morgan fingerprint density at radius 2 is 2.20 bits per heavy atom. The van der Waals surface area contributed by atoms with Gasteiger partial charge in [-0.15, -0.1) is 0 Å². The number of benzene rings is 1. The van der Waals surface area contributed by atoms with Gasteiger partial charge < -0.3 is 10.3 Å². The molecular formula is C13H18N2. The number of aromatic nitrogens is 1. The van der Waals surface area contributed by atoms with Crippen molar-refractivity contribution < 1.29 is 0 Å². The fourth-order valence-electron chi connectivity index (χ4n) is 1.95. The third-order valence-electron chi connectivity index (χ3n) is 2.81. The molecule has 1 aromatic carbocycles. The summed E-state index contributed by atoms with van der Waals surface area (Å²) in [5.41, 5.74) is 3.95. The van der Waals surface area contributed by atoms with Gasteiger partial charge in [0.15, 0.2) is 0 Å². The Kier molecular flexibility index (Phi) is 3.07. The van der Waals surface area contributed by atoms with Gasteiger partial charge in [0, 0.05) is 16.6 Å². The van der Waals surface area contributed by atoms with Gasteiger partial charge in [0.05, 0.1) is 0 Å². The molecule has 0 amide bonds. The lowest BCUT2D eigenvalue weighted by Gasteiger charge is -1.96. The predicted octanol–water partition coefficient (Wildman–Crippen LogP) is 2.63. The first kappa shape index (κ1) is 10.2. The highest BCUT2D eigenvalue weighted by molar-refractivity contribution is 5.83. The van der Waals surface area contributed by atoms with E-state index in [1.54, 1.807) is 0 Å². The van der Waals surface area contributed by atoms with Crippen LogP contribution in [0.1, 0.15) is 17.7 Å². The van der Waals surface area contributed by atoms with Crippen LogP contribution in [-0.2, 0) is 6.42 Å². The lowest BCUT2D eigenvalue weighted by molar-refractivity contribution is 0.718. The molecule has 2 heteroatoms. The van der Waals surface area contributed by atoms with Gasteiger partial charge in [-0.1, -0.05) is 12.1 Å². The Balaban J connectivity index is 2.20. The van der Waals surface area contributed by atoms with E-state index in [1.807, 2.05) is 7.05 Å². The first-order valence-corrected chi connectivity index (χ1v) is 5.53. The monoisotopic (exact) mass is 202 g/mol. The maximum Gasteiger partial charge on any atom is 0.0458 e. The molecule has 1 aromatic heterocycles. The van der Waals surface area contributed by atoms with Crippen LogP contribution in [0.2, 0.25) is 0 Å². The lowest BCUT2D eigenvalue weighted by Crippen LogP contribution is -2.08. The summed E-state index contributed by atoms with van der Waals surface area (Å²) in [6.45, 7) is 3.24. The van der Waals surface area contributed by atoms with Gasteiger partial charge in [-0.05, 0) is 51.1 Å². The predicted molar refractivity (Wildman–Crippen MR) is 65.3 cm³/mol. The van der Waals surface area contributed by atoms with E-state index in [-0.39, 0.29) is 0 Å². The molecule has 0 aliphatic rings. The highest BCUT2D eigenvalue weighted by Gasteiger charge is 2.01. The number of H-pyrrole nitrogens is 1. The van der Waals surface area contributed by atoms with Gasteiger partial charge in [0.25, 0.3) is 0 Å². The highest BCUT2D eigenvalue weighted by atomic mass is 14.8. The molecule has 0 radical (unpaired) electrons. The van der Waals surface area contributed by atoms with Crippen LogP contribution in [0.15, 0.2) is 24.3 Å². The van der Waals surface area contributed by atoms with Crippen LogP contribution in [0.25, 0.3) is 10.9 Å². The summed E-state index contributed by atoms with van der Waals surface area (Å²) in [6, 6.07) is 8.68. The smallest absolute Gasteiger partial charge is 0.0458 e. The van der Waals surface area contributed by atoms with Gasteiger partial charge in [0.1, 0.15) is 0 Å². The minimum absolute atomic E-state index is 1.08. The molecule has 2 N–H and O–H groups in total. The number of hydrogen-bond donors (Lipinski definition) is 2. The molecule has 80 valence electrons. The van der Waals surface area contributed by atoms with Gasteiger partial charge in [-0.25, -0.2) is 0 Å². The largest absolute Gasteiger partial charge is 0.358 e. The first-order chi connectivity index (χ1) is 7.31. The Morgan fingerprint density at radius 3 is 2.93 bits per heavy atom. The van der Waals surface area contributed by atoms with E-state index in [1.165, 1.54) is 28.6 Å². The van der Waals surface area contributed by atoms with E-state index < -0.39 is 0 Å². The molecular weight excluding hydrogens is 184 g/mol. The van der Waals surface area contributed by atoms with Crippen LogP contribution >= 0.6 is 0 Å². The van der Waals surface area contributed by atoms with Gasteiger partial charge in [-0.3, -0.25) is 0 Å². The Bertz CT molecular complexity index is 443. The first-order valence-electron chi connectivity index (χ1n) is 5.53. The molecule has 0 fully saturated rings. The van der Waals surface area contributed by atoms with Crippen LogP contribution in [0.4, 0.5) is 0 Å². The minimum Gasteiger partial charge on any atom is -0.358 e. The summed E-state index contributed by atoms with van der Waals surface area (Å²) < 4.78 is 0. The molecule has 2 nitrogen and oxygen atoms in total. The second kappa shape index (κ2) is 4.49. The maximum atomic E-state index is 3.47. The van der Waals surface area contributed by atoms with Crippen molar-refractivity contribution in [1.82, 2.24) is 10.3 Å². The Morgan fingerprint density at radius 1 is 1.33 bits per heavy atom. The van der Waals surface area contributed by atoms with E-state index in [4.69, 9.17) is 0 Å². The molecule has 0 atom stereocenters. The van der Waals surface area contributed by atoms with Crippen LogP contribution in [0.3, 0.4) is 0 Å². The van der Waals surface area contributed by atoms with E-state index >= 15 is 0 Å². The normalized spacial score (nSPS) is 11.1. The van der Waals surface area contributed by atoms with Crippen molar-refractivity contribution in [1.29, 1.82) is 0 Å². The highest BCUT2D eigenvalue weighted by Crippen LogP contribution is 2.19. The second-order valence-electron chi connectivity index (χ2n) is 4.04. The summed E-state index contributed by atoms with van der Waals surface area (Å²) in [6.07, 6.45) is 2.30. The number of aromatic amines is 1. The average molecular weight is 202 g/mol. The van der Waals surface area contributed by atoms with Gasteiger partial charge >= 0.3 is 0 Å². The van der Waals surface area contributed by atoms with Crippen LogP contribution < -0.4 is 5.32 Å². The lowest BCUT2D eigenvalue weighted by atomic mass is 10.1. The molecule has 0 spiro atoms. The van der Waals surface area contributed by atoms with Crippen LogP contribution in [-0.4, -0.2) is 18.6 Å². The number of hydrogen-bond acceptors (Lipinski definition) is 1. The summed E-state index contributed by atoms with van der Waals surface area (Å²) in [7, 11) is 2.00. The topological polar surface area (TPSA) is 27.8 Å². The van der Waals surface area contributed by atoms with Crippen molar-refractivity contribution in [2.75, 3.05) is 13.6 Å². The van der Waals surface area contributed by atoms with Crippen molar-refractivity contribution in [2.45, 2.75) is 19.8 Å².